The molecule has 2 aromatic heterocycles. The minimum atomic E-state index is -0.311. The van der Waals surface area contributed by atoms with Gasteiger partial charge in [0.25, 0.3) is 0 Å². The van der Waals surface area contributed by atoms with Gasteiger partial charge in [0.05, 0.1) is 5.56 Å². The number of nitrogens with zero attached hydrogens (tertiary/aromatic N) is 3. The van der Waals surface area contributed by atoms with E-state index in [2.05, 4.69) is 15.0 Å². The standard InChI is InChI=1S/C11H10N4O/c1-7-5-8(10(12)15-6-7)9(16)11-13-3-2-4-14-11/h2-6H,1H3,(H2,12,15). The summed E-state index contributed by atoms with van der Waals surface area (Å²) in [6.07, 6.45) is 4.64. The van der Waals surface area contributed by atoms with Gasteiger partial charge < -0.3 is 5.73 Å². The van der Waals surface area contributed by atoms with Gasteiger partial charge in [0.2, 0.25) is 11.6 Å². The summed E-state index contributed by atoms with van der Waals surface area (Å²) in [4.78, 5) is 23.7. The number of rotatable bonds is 2. The van der Waals surface area contributed by atoms with Crippen LogP contribution < -0.4 is 5.73 Å². The lowest BCUT2D eigenvalue weighted by Crippen LogP contribution is -2.10. The number of hydrogen-bond acceptors (Lipinski definition) is 5. The maximum atomic E-state index is 12.0. The van der Waals surface area contributed by atoms with E-state index in [-0.39, 0.29) is 17.4 Å². The molecule has 16 heavy (non-hydrogen) atoms. The lowest BCUT2D eigenvalue weighted by molar-refractivity contribution is 0.103. The van der Waals surface area contributed by atoms with Crippen LogP contribution in [0.2, 0.25) is 0 Å². The first-order valence-corrected chi connectivity index (χ1v) is 4.72. The third kappa shape index (κ3) is 1.88. The van der Waals surface area contributed by atoms with Crippen molar-refractivity contribution in [2.45, 2.75) is 6.92 Å². The molecule has 0 amide bonds. The Balaban J connectivity index is 2.46. The number of carbonyl (C=O) groups is 1. The fourth-order valence-corrected chi connectivity index (χ4v) is 1.30. The summed E-state index contributed by atoms with van der Waals surface area (Å²) in [6.45, 7) is 1.84. The molecule has 0 saturated heterocycles. The third-order valence-electron chi connectivity index (χ3n) is 2.07. The van der Waals surface area contributed by atoms with Crippen molar-refractivity contribution in [3.8, 4) is 0 Å². The lowest BCUT2D eigenvalue weighted by Gasteiger charge is -2.03. The molecule has 80 valence electrons. The van der Waals surface area contributed by atoms with Crippen molar-refractivity contribution in [2.75, 3.05) is 5.73 Å². The zero-order valence-electron chi connectivity index (χ0n) is 8.71. The number of carbonyl (C=O) groups excluding carboxylic acids is 1. The Kier molecular flexibility index (Phi) is 2.59. The largest absolute Gasteiger partial charge is 0.383 e. The van der Waals surface area contributed by atoms with Crippen LogP contribution >= 0.6 is 0 Å². The van der Waals surface area contributed by atoms with Crippen molar-refractivity contribution in [1.29, 1.82) is 0 Å². The van der Waals surface area contributed by atoms with Gasteiger partial charge in [-0.25, -0.2) is 15.0 Å². The molecule has 2 heterocycles. The molecule has 0 fully saturated rings. The summed E-state index contributed by atoms with van der Waals surface area (Å²) >= 11 is 0. The Morgan fingerprint density at radius 1 is 1.25 bits per heavy atom. The number of ketones is 1. The van der Waals surface area contributed by atoms with Gasteiger partial charge in [0.1, 0.15) is 5.82 Å². The fourth-order valence-electron chi connectivity index (χ4n) is 1.30. The highest BCUT2D eigenvalue weighted by Crippen LogP contribution is 2.13. The first-order chi connectivity index (χ1) is 7.68. The van der Waals surface area contributed by atoms with Gasteiger partial charge >= 0.3 is 0 Å². The molecule has 0 atom stereocenters. The molecule has 0 aliphatic heterocycles. The van der Waals surface area contributed by atoms with Crippen molar-refractivity contribution in [3.05, 3.63) is 47.7 Å². The van der Waals surface area contributed by atoms with Gasteiger partial charge in [-0.3, -0.25) is 4.79 Å². The van der Waals surface area contributed by atoms with Gasteiger partial charge in [-0.05, 0) is 24.6 Å². The Bertz CT molecular complexity index is 525. The number of aromatic nitrogens is 3. The number of anilines is 1. The predicted molar refractivity (Wildman–Crippen MR) is 58.9 cm³/mol. The van der Waals surface area contributed by atoms with Gasteiger partial charge in [-0.2, -0.15) is 0 Å². The smallest absolute Gasteiger partial charge is 0.233 e. The minimum Gasteiger partial charge on any atom is -0.383 e. The van der Waals surface area contributed by atoms with Crippen molar-refractivity contribution in [3.63, 3.8) is 0 Å². The van der Waals surface area contributed by atoms with E-state index < -0.39 is 0 Å². The summed E-state index contributed by atoms with van der Waals surface area (Å²) in [7, 11) is 0. The number of aryl methyl sites for hydroxylation is 1. The van der Waals surface area contributed by atoms with Crippen LogP contribution in [0, 0.1) is 6.92 Å². The van der Waals surface area contributed by atoms with Gasteiger partial charge in [0, 0.05) is 18.6 Å². The highest BCUT2D eigenvalue weighted by Gasteiger charge is 2.15. The first kappa shape index (κ1) is 10.2. The number of hydrogen-bond donors (Lipinski definition) is 1. The van der Waals surface area contributed by atoms with Crippen LogP contribution in [0.15, 0.2) is 30.7 Å². The summed E-state index contributed by atoms with van der Waals surface area (Å²) < 4.78 is 0. The third-order valence-corrected chi connectivity index (χ3v) is 2.07. The maximum absolute atomic E-state index is 12.0. The highest BCUT2D eigenvalue weighted by molar-refractivity contribution is 6.09. The summed E-state index contributed by atoms with van der Waals surface area (Å²) in [6, 6.07) is 3.33. The topological polar surface area (TPSA) is 81.8 Å². The molecule has 5 nitrogen and oxygen atoms in total. The van der Waals surface area contributed by atoms with E-state index in [0.717, 1.165) is 5.56 Å². The second-order valence-electron chi connectivity index (χ2n) is 3.35. The first-order valence-electron chi connectivity index (χ1n) is 4.72. The van der Waals surface area contributed by atoms with Gasteiger partial charge in [-0.15, -0.1) is 0 Å². The van der Waals surface area contributed by atoms with E-state index in [1.807, 2.05) is 6.92 Å². The Labute approximate surface area is 92.4 Å². The normalized spacial score (nSPS) is 10.1. The SMILES string of the molecule is Cc1cnc(N)c(C(=O)c2ncccn2)c1. The summed E-state index contributed by atoms with van der Waals surface area (Å²) in [5.74, 6) is 0.0129. The van der Waals surface area contributed by atoms with E-state index in [9.17, 15) is 4.79 Å². The van der Waals surface area contributed by atoms with Crippen LogP contribution in [0.25, 0.3) is 0 Å². The molecule has 0 radical (unpaired) electrons. The van der Waals surface area contributed by atoms with Crippen molar-refractivity contribution in [2.24, 2.45) is 0 Å². The van der Waals surface area contributed by atoms with Crippen molar-refractivity contribution in [1.82, 2.24) is 15.0 Å². The minimum absolute atomic E-state index is 0.126. The van der Waals surface area contributed by atoms with E-state index >= 15 is 0 Å². The van der Waals surface area contributed by atoms with Crippen molar-refractivity contribution < 1.29 is 4.79 Å². The second-order valence-corrected chi connectivity index (χ2v) is 3.35. The second kappa shape index (κ2) is 4.06. The monoisotopic (exact) mass is 214 g/mol. The maximum Gasteiger partial charge on any atom is 0.233 e. The molecule has 2 N–H and O–H groups in total. The van der Waals surface area contributed by atoms with Crippen LogP contribution in [0.5, 0.6) is 0 Å². The van der Waals surface area contributed by atoms with Crippen LogP contribution in [0.3, 0.4) is 0 Å². The summed E-state index contributed by atoms with van der Waals surface area (Å²) in [5.41, 5.74) is 6.85. The van der Waals surface area contributed by atoms with E-state index in [1.165, 1.54) is 12.4 Å². The average molecular weight is 214 g/mol. The quantitative estimate of drug-likeness (QED) is 0.754. The van der Waals surface area contributed by atoms with E-state index in [4.69, 9.17) is 5.73 Å². The Morgan fingerprint density at radius 2 is 1.94 bits per heavy atom. The van der Waals surface area contributed by atoms with Crippen LogP contribution in [-0.4, -0.2) is 20.7 Å². The molecular formula is C11H10N4O. The molecule has 0 unspecified atom stereocenters. The van der Waals surface area contributed by atoms with E-state index in [1.54, 1.807) is 18.3 Å². The summed E-state index contributed by atoms with van der Waals surface area (Å²) in [5, 5.41) is 0. The number of nitrogen functional groups attached to an aromatic ring is 1. The number of pyridine rings is 1. The Morgan fingerprint density at radius 3 is 2.62 bits per heavy atom. The van der Waals surface area contributed by atoms with Crippen LogP contribution in [-0.2, 0) is 0 Å². The zero-order valence-corrected chi connectivity index (χ0v) is 8.71. The highest BCUT2D eigenvalue weighted by atomic mass is 16.1. The number of nitrogens with two attached hydrogens (primary N) is 1. The molecule has 0 aromatic carbocycles. The van der Waals surface area contributed by atoms with Crippen LogP contribution in [0.1, 0.15) is 21.7 Å². The molecular weight excluding hydrogens is 204 g/mol. The van der Waals surface area contributed by atoms with Gasteiger partial charge in [0.15, 0.2) is 0 Å². The average Bonchev–Trinajstić information content (AvgIpc) is 2.32. The van der Waals surface area contributed by atoms with Gasteiger partial charge in [-0.1, -0.05) is 0 Å². The van der Waals surface area contributed by atoms with Crippen molar-refractivity contribution >= 4 is 11.6 Å². The fraction of sp³-hybridized carbons (Fsp3) is 0.0909. The predicted octanol–water partition coefficient (Wildman–Crippen LogP) is 0.993. The van der Waals surface area contributed by atoms with Crippen LogP contribution in [0.4, 0.5) is 5.82 Å². The molecule has 0 bridgehead atoms. The lowest BCUT2D eigenvalue weighted by atomic mass is 10.1. The molecule has 5 heteroatoms. The zero-order chi connectivity index (χ0) is 11.5. The molecule has 0 spiro atoms. The molecule has 0 aliphatic rings. The molecule has 2 aromatic rings. The van der Waals surface area contributed by atoms with E-state index in [0.29, 0.717) is 5.56 Å². The Hall–Kier alpha value is -2.30. The molecule has 0 aliphatic carbocycles. The molecule has 0 saturated carbocycles. The molecule has 2 rings (SSSR count).